The van der Waals surface area contributed by atoms with E-state index in [1.165, 1.54) is 12.5 Å². The minimum absolute atomic E-state index is 0.0337. The molecule has 0 bridgehead atoms. The van der Waals surface area contributed by atoms with Crippen LogP contribution >= 0.6 is 0 Å². The minimum atomic E-state index is -4.38. The van der Waals surface area contributed by atoms with E-state index in [0.717, 1.165) is 6.07 Å². The lowest BCUT2D eigenvalue weighted by atomic mass is 10.1. The minimum Gasteiger partial charge on any atom is -0.481 e. The van der Waals surface area contributed by atoms with Gasteiger partial charge in [0.05, 0.1) is 6.04 Å². The van der Waals surface area contributed by atoms with Crippen LogP contribution in [-0.4, -0.2) is 24.0 Å². The molecule has 6 heteroatoms. The summed E-state index contributed by atoms with van der Waals surface area (Å²) in [4.78, 5) is 7.61. The van der Waals surface area contributed by atoms with E-state index in [0.29, 0.717) is 25.1 Å². The molecule has 0 amide bonds. The van der Waals surface area contributed by atoms with Crippen molar-refractivity contribution in [2.24, 2.45) is 4.99 Å². The highest BCUT2D eigenvalue weighted by atomic mass is 19.4. The molecule has 1 aliphatic heterocycles. The third-order valence-electron chi connectivity index (χ3n) is 2.47. The Bertz CT molecular complexity index is 417. The van der Waals surface area contributed by atoms with Gasteiger partial charge in [0.1, 0.15) is 12.3 Å². The third-order valence-corrected chi connectivity index (χ3v) is 2.47. The topological polar surface area (TPSA) is 34.5 Å². The Balaban J connectivity index is 1.98. The number of hydrogen-bond donors (Lipinski definition) is 0. The molecular formula is C11H11F3N2O. The Morgan fingerprint density at radius 3 is 2.82 bits per heavy atom. The Labute approximate surface area is 96.3 Å². The molecule has 2 heterocycles. The number of nitrogens with zero attached hydrogens (tertiary/aromatic N) is 2. The van der Waals surface area contributed by atoms with Crippen LogP contribution in [-0.2, 0) is 17.3 Å². The summed E-state index contributed by atoms with van der Waals surface area (Å²) in [7, 11) is 0. The van der Waals surface area contributed by atoms with E-state index < -0.39 is 11.9 Å². The van der Waals surface area contributed by atoms with Crippen LogP contribution in [0.4, 0.5) is 13.2 Å². The summed E-state index contributed by atoms with van der Waals surface area (Å²) in [6.45, 7) is 0.499. The van der Waals surface area contributed by atoms with Crippen LogP contribution in [0.5, 0.6) is 0 Å². The number of pyridine rings is 1. The fraction of sp³-hybridized carbons (Fsp3) is 0.455. The zero-order valence-corrected chi connectivity index (χ0v) is 8.94. The molecule has 0 aliphatic carbocycles. The normalized spacial score (nSPS) is 19.4. The highest BCUT2D eigenvalue weighted by molar-refractivity contribution is 5.48. The summed E-state index contributed by atoms with van der Waals surface area (Å²) in [5.74, 6) is 0. The van der Waals surface area contributed by atoms with Gasteiger partial charge >= 0.3 is 6.18 Å². The number of rotatable bonds is 3. The van der Waals surface area contributed by atoms with Gasteiger partial charge in [-0.1, -0.05) is 6.07 Å². The van der Waals surface area contributed by atoms with E-state index in [2.05, 4.69) is 9.98 Å². The molecule has 0 saturated carbocycles. The molecule has 0 fully saturated rings. The van der Waals surface area contributed by atoms with E-state index in [-0.39, 0.29) is 6.04 Å². The van der Waals surface area contributed by atoms with Gasteiger partial charge in [0.2, 0.25) is 0 Å². The predicted octanol–water partition coefficient (Wildman–Crippen LogP) is 2.46. The molecule has 3 nitrogen and oxygen atoms in total. The maximum Gasteiger partial charge on any atom is 0.433 e. The lowest BCUT2D eigenvalue weighted by molar-refractivity contribution is -0.141. The summed E-state index contributed by atoms with van der Waals surface area (Å²) in [6.07, 6.45) is -1.89. The van der Waals surface area contributed by atoms with Gasteiger partial charge in [-0.3, -0.25) is 4.99 Å². The molecule has 17 heavy (non-hydrogen) atoms. The number of hydrogen-bond acceptors (Lipinski definition) is 3. The van der Waals surface area contributed by atoms with Crippen LogP contribution in [0, 0.1) is 0 Å². The number of ether oxygens (including phenoxy) is 1. The van der Waals surface area contributed by atoms with Crippen molar-refractivity contribution in [1.29, 1.82) is 0 Å². The highest BCUT2D eigenvalue weighted by Gasteiger charge is 2.32. The fourth-order valence-electron chi connectivity index (χ4n) is 1.58. The monoisotopic (exact) mass is 244 g/mol. The van der Waals surface area contributed by atoms with Crippen LogP contribution < -0.4 is 0 Å². The van der Waals surface area contributed by atoms with Crippen LogP contribution in [0.15, 0.2) is 23.2 Å². The van der Waals surface area contributed by atoms with Crippen molar-refractivity contribution >= 4 is 6.40 Å². The van der Waals surface area contributed by atoms with Crippen molar-refractivity contribution in [1.82, 2.24) is 4.98 Å². The van der Waals surface area contributed by atoms with Gasteiger partial charge < -0.3 is 4.74 Å². The second kappa shape index (κ2) is 4.73. The maximum absolute atomic E-state index is 12.4. The van der Waals surface area contributed by atoms with Gasteiger partial charge in [0.25, 0.3) is 0 Å². The molecule has 1 aliphatic rings. The predicted molar refractivity (Wildman–Crippen MR) is 55.8 cm³/mol. The summed E-state index contributed by atoms with van der Waals surface area (Å²) >= 11 is 0. The van der Waals surface area contributed by atoms with Crippen molar-refractivity contribution in [3.05, 3.63) is 29.6 Å². The van der Waals surface area contributed by atoms with Gasteiger partial charge in [0, 0.05) is 5.69 Å². The SMILES string of the molecule is FC(F)(F)c1cccc(CCC2COC=N2)n1. The number of alkyl halides is 3. The molecule has 1 atom stereocenters. The van der Waals surface area contributed by atoms with Crippen molar-refractivity contribution in [2.75, 3.05) is 6.61 Å². The van der Waals surface area contributed by atoms with E-state index in [1.807, 2.05) is 0 Å². The standard InChI is InChI=1S/C11H11F3N2O/c12-11(13,14)10-3-1-2-8(16-10)4-5-9-6-17-7-15-9/h1-3,7,9H,4-6H2. The average Bonchev–Trinajstić information content (AvgIpc) is 2.78. The van der Waals surface area contributed by atoms with E-state index in [4.69, 9.17) is 4.74 Å². The van der Waals surface area contributed by atoms with E-state index in [9.17, 15) is 13.2 Å². The number of aryl methyl sites for hydroxylation is 1. The largest absolute Gasteiger partial charge is 0.481 e. The highest BCUT2D eigenvalue weighted by Crippen LogP contribution is 2.27. The summed E-state index contributed by atoms with van der Waals surface area (Å²) in [5.41, 5.74) is -0.414. The first-order chi connectivity index (χ1) is 8.05. The van der Waals surface area contributed by atoms with E-state index in [1.54, 1.807) is 6.07 Å². The van der Waals surface area contributed by atoms with Crippen LogP contribution in [0.1, 0.15) is 17.8 Å². The van der Waals surface area contributed by atoms with Crippen molar-refractivity contribution in [3.8, 4) is 0 Å². The Morgan fingerprint density at radius 1 is 1.35 bits per heavy atom. The second-order valence-electron chi connectivity index (χ2n) is 3.79. The second-order valence-corrected chi connectivity index (χ2v) is 3.79. The first-order valence-electron chi connectivity index (χ1n) is 5.22. The van der Waals surface area contributed by atoms with Gasteiger partial charge in [0.15, 0.2) is 6.40 Å². The molecule has 2 rings (SSSR count). The molecular weight excluding hydrogens is 233 g/mol. The van der Waals surface area contributed by atoms with Crippen LogP contribution in [0.25, 0.3) is 0 Å². The van der Waals surface area contributed by atoms with Crippen molar-refractivity contribution < 1.29 is 17.9 Å². The van der Waals surface area contributed by atoms with Gasteiger partial charge in [-0.15, -0.1) is 0 Å². The van der Waals surface area contributed by atoms with Gasteiger partial charge in [-0.2, -0.15) is 13.2 Å². The zero-order chi connectivity index (χ0) is 12.3. The summed E-state index contributed by atoms with van der Waals surface area (Å²) in [5, 5.41) is 0. The van der Waals surface area contributed by atoms with E-state index >= 15 is 0 Å². The third kappa shape index (κ3) is 3.18. The lowest BCUT2D eigenvalue weighted by Crippen LogP contribution is -2.11. The average molecular weight is 244 g/mol. The maximum atomic E-state index is 12.4. The Morgan fingerprint density at radius 2 is 2.18 bits per heavy atom. The number of halogens is 3. The first kappa shape index (κ1) is 11.9. The van der Waals surface area contributed by atoms with Crippen molar-refractivity contribution in [3.63, 3.8) is 0 Å². The fourth-order valence-corrected chi connectivity index (χ4v) is 1.58. The smallest absolute Gasteiger partial charge is 0.433 e. The molecule has 1 aromatic heterocycles. The van der Waals surface area contributed by atoms with Crippen LogP contribution in [0.3, 0.4) is 0 Å². The molecule has 1 unspecified atom stereocenters. The first-order valence-corrected chi connectivity index (χ1v) is 5.22. The van der Waals surface area contributed by atoms with Gasteiger partial charge in [-0.25, -0.2) is 4.98 Å². The summed E-state index contributed by atoms with van der Waals surface area (Å²) < 4.78 is 42.1. The summed E-state index contributed by atoms with van der Waals surface area (Å²) in [6, 6.07) is 3.97. The van der Waals surface area contributed by atoms with Gasteiger partial charge in [-0.05, 0) is 25.0 Å². The molecule has 0 spiro atoms. The molecule has 0 saturated heterocycles. The van der Waals surface area contributed by atoms with Crippen LogP contribution in [0.2, 0.25) is 0 Å². The Hall–Kier alpha value is -1.59. The molecule has 0 N–H and O–H groups in total. The molecule has 0 radical (unpaired) electrons. The van der Waals surface area contributed by atoms with Crippen molar-refractivity contribution in [2.45, 2.75) is 25.1 Å². The number of aliphatic imine (C=N–C) groups is 1. The molecule has 1 aromatic rings. The number of aromatic nitrogens is 1. The zero-order valence-electron chi connectivity index (χ0n) is 8.94. The molecule has 0 aromatic carbocycles. The lowest BCUT2D eigenvalue weighted by Gasteiger charge is -2.08. The quantitative estimate of drug-likeness (QED) is 0.818. The molecule has 92 valence electrons. The Kier molecular flexibility index (Phi) is 3.31.